The third-order valence-corrected chi connectivity index (χ3v) is 1.08. The smallest absolute Gasteiger partial charge is 0.175 e. The van der Waals surface area contributed by atoms with Crippen molar-refractivity contribution in [2.75, 3.05) is 27.8 Å². The molecule has 5 nitrogen and oxygen atoms in total. The fourth-order valence-corrected chi connectivity index (χ4v) is 0.494. The van der Waals surface area contributed by atoms with Crippen LogP contribution in [0.4, 0.5) is 0 Å². The highest BCUT2D eigenvalue weighted by Crippen LogP contribution is 1.93. The van der Waals surface area contributed by atoms with Gasteiger partial charge in [0.1, 0.15) is 0 Å². The van der Waals surface area contributed by atoms with Crippen LogP contribution in [-0.2, 0) is 9.47 Å². The highest BCUT2D eigenvalue weighted by Gasteiger charge is 2.07. The number of hydrogen-bond donors (Lipinski definition) is 0. The highest BCUT2D eigenvalue weighted by atomic mass is 16.7. The third-order valence-electron chi connectivity index (χ3n) is 1.08. The zero-order valence-corrected chi connectivity index (χ0v) is 6.40. The maximum atomic E-state index is 9.84. The van der Waals surface area contributed by atoms with Crippen LogP contribution in [-0.4, -0.2) is 39.1 Å². The van der Waals surface area contributed by atoms with Crippen molar-refractivity contribution in [3.8, 4) is 0 Å². The van der Waals surface area contributed by atoms with Gasteiger partial charge in [0.15, 0.2) is 6.29 Å². The number of hydrogen-bond acceptors (Lipinski definition) is 4. The van der Waals surface area contributed by atoms with E-state index < -0.39 is 0 Å². The summed E-state index contributed by atoms with van der Waals surface area (Å²) in [5.74, 6) is 0. The Labute approximate surface area is 59.9 Å². The summed E-state index contributed by atoms with van der Waals surface area (Å²) < 4.78 is 9.62. The number of methoxy groups -OCH3 is 2. The van der Waals surface area contributed by atoms with Gasteiger partial charge in [-0.25, -0.2) is 0 Å². The maximum Gasteiger partial charge on any atom is 0.175 e. The Hall–Kier alpha value is -0.680. The summed E-state index contributed by atoms with van der Waals surface area (Å²) in [6.45, 7) is 0.344. The summed E-state index contributed by atoms with van der Waals surface area (Å²) >= 11 is 0. The lowest BCUT2D eigenvalue weighted by molar-refractivity contribution is -0.113. The molecule has 0 aliphatic rings. The summed E-state index contributed by atoms with van der Waals surface area (Å²) in [6, 6.07) is 0. The Kier molecular flexibility index (Phi) is 4.78. The minimum Gasteiger partial charge on any atom is -0.354 e. The normalized spacial score (nSPS) is 10.0. The van der Waals surface area contributed by atoms with Gasteiger partial charge in [-0.05, 0) is 0 Å². The molecule has 0 bridgehead atoms. The lowest BCUT2D eigenvalue weighted by Gasteiger charge is -2.16. The number of nitroso groups, excluding NO2 is 1. The van der Waals surface area contributed by atoms with Crippen LogP contribution in [0.15, 0.2) is 5.29 Å². The average molecular weight is 148 g/mol. The Bertz CT molecular complexity index is 94.9. The van der Waals surface area contributed by atoms with Crippen molar-refractivity contribution in [3.63, 3.8) is 0 Å². The van der Waals surface area contributed by atoms with Gasteiger partial charge < -0.3 is 9.47 Å². The molecule has 0 fully saturated rings. The van der Waals surface area contributed by atoms with E-state index in [0.29, 0.717) is 6.54 Å². The zero-order chi connectivity index (χ0) is 7.98. The van der Waals surface area contributed by atoms with E-state index in [1.54, 1.807) is 7.05 Å². The fraction of sp³-hybridized carbons (Fsp3) is 1.00. The lowest BCUT2D eigenvalue weighted by atomic mass is 10.6. The summed E-state index contributed by atoms with van der Waals surface area (Å²) in [5.41, 5.74) is 0. The van der Waals surface area contributed by atoms with E-state index >= 15 is 0 Å². The van der Waals surface area contributed by atoms with Gasteiger partial charge in [0.2, 0.25) is 0 Å². The molecule has 0 atom stereocenters. The molecule has 0 rings (SSSR count). The van der Waals surface area contributed by atoms with E-state index in [1.165, 1.54) is 19.2 Å². The molecule has 0 heterocycles. The van der Waals surface area contributed by atoms with E-state index in [1.807, 2.05) is 0 Å². The fourth-order valence-electron chi connectivity index (χ4n) is 0.494. The van der Waals surface area contributed by atoms with Crippen LogP contribution in [0.25, 0.3) is 0 Å². The Morgan fingerprint density at radius 1 is 1.50 bits per heavy atom. The first-order valence-corrected chi connectivity index (χ1v) is 2.84. The highest BCUT2D eigenvalue weighted by molar-refractivity contribution is 4.46. The van der Waals surface area contributed by atoms with Gasteiger partial charge in [0.05, 0.1) is 11.8 Å². The predicted molar refractivity (Wildman–Crippen MR) is 36.2 cm³/mol. The second-order valence-corrected chi connectivity index (χ2v) is 1.82. The van der Waals surface area contributed by atoms with Gasteiger partial charge in [0.25, 0.3) is 0 Å². The van der Waals surface area contributed by atoms with Crippen molar-refractivity contribution in [1.82, 2.24) is 5.01 Å². The first-order chi connectivity index (χ1) is 4.74. The van der Waals surface area contributed by atoms with Crippen LogP contribution in [0.5, 0.6) is 0 Å². The number of rotatable bonds is 5. The second-order valence-electron chi connectivity index (χ2n) is 1.82. The third kappa shape index (κ3) is 3.37. The molecule has 0 unspecified atom stereocenters. The predicted octanol–water partition coefficient (Wildman–Crippen LogP) is 0.219. The molecule has 0 saturated carbocycles. The lowest BCUT2D eigenvalue weighted by Crippen LogP contribution is -2.27. The molecule has 0 spiro atoms. The topological polar surface area (TPSA) is 51.1 Å². The van der Waals surface area contributed by atoms with Crippen LogP contribution in [0.1, 0.15) is 0 Å². The summed E-state index contributed by atoms with van der Waals surface area (Å²) in [7, 11) is 4.57. The van der Waals surface area contributed by atoms with E-state index in [-0.39, 0.29) is 6.29 Å². The van der Waals surface area contributed by atoms with E-state index in [4.69, 9.17) is 9.47 Å². The van der Waals surface area contributed by atoms with E-state index in [2.05, 4.69) is 5.29 Å². The van der Waals surface area contributed by atoms with Crippen LogP contribution in [0.2, 0.25) is 0 Å². The summed E-state index contributed by atoms with van der Waals surface area (Å²) in [5, 5.41) is 3.85. The van der Waals surface area contributed by atoms with E-state index in [9.17, 15) is 4.91 Å². The number of ether oxygens (including phenoxy) is 2. The molecule has 0 radical (unpaired) electrons. The van der Waals surface area contributed by atoms with Crippen molar-refractivity contribution in [2.24, 2.45) is 5.29 Å². The van der Waals surface area contributed by atoms with Crippen LogP contribution < -0.4 is 0 Å². The largest absolute Gasteiger partial charge is 0.354 e. The Morgan fingerprint density at radius 3 is 2.30 bits per heavy atom. The molecule has 0 saturated heterocycles. The molecule has 0 amide bonds. The van der Waals surface area contributed by atoms with Crippen LogP contribution >= 0.6 is 0 Å². The van der Waals surface area contributed by atoms with Gasteiger partial charge in [-0.1, -0.05) is 0 Å². The average Bonchev–Trinajstić information content (AvgIpc) is 1.99. The van der Waals surface area contributed by atoms with Crippen LogP contribution in [0, 0.1) is 4.91 Å². The molecule has 0 aromatic heterocycles. The van der Waals surface area contributed by atoms with Crippen molar-refractivity contribution in [2.45, 2.75) is 6.29 Å². The SMILES string of the molecule is COC(CN(C)N=O)OC. The molecule has 0 aliphatic carbocycles. The summed E-state index contributed by atoms with van der Waals surface area (Å²) in [4.78, 5) is 9.84. The number of likely N-dealkylation sites (N-methyl/N-ethyl adjacent to an activating group) is 1. The molecule has 0 aliphatic heterocycles. The van der Waals surface area contributed by atoms with E-state index in [0.717, 1.165) is 0 Å². The monoisotopic (exact) mass is 148 g/mol. The van der Waals surface area contributed by atoms with Gasteiger partial charge in [0, 0.05) is 21.3 Å². The molecular formula is C5H12N2O3. The van der Waals surface area contributed by atoms with Crippen molar-refractivity contribution < 1.29 is 9.47 Å². The maximum absolute atomic E-state index is 9.84. The van der Waals surface area contributed by atoms with Gasteiger partial charge in [-0.3, -0.25) is 5.01 Å². The summed E-state index contributed by atoms with van der Waals surface area (Å²) in [6.07, 6.45) is -0.386. The number of nitrogens with zero attached hydrogens (tertiary/aromatic N) is 2. The van der Waals surface area contributed by atoms with Gasteiger partial charge in [-0.15, -0.1) is 4.91 Å². The van der Waals surface area contributed by atoms with Gasteiger partial charge >= 0.3 is 0 Å². The van der Waals surface area contributed by atoms with Crippen molar-refractivity contribution >= 4 is 0 Å². The Balaban J connectivity index is 3.51. The molecule has 0 aromatic carbocycles. The molecule has 60 valence electrons. The quantitative estimate of drug-likeness (QED) is 0.318. The molecule has 0 N–H and O–H groups in total. The van der Waals surface area contributed by atoms with Crippen molar-refractivity contribution in [1.29, 1.82) is 0 Å². The second kappa shape index (κ2) is 5.13. The first-order valence-electron chi connectivity index (χ1n) is 2.84. The molecule has 5 heteroatoms. The molecular weight excluding hydrogens is 136 g/mol. The molecule has 0 aromatic rings. The minimum absolute atomic E-state index is 0.344. The van der Waals surface area contributed by atoms with Crippen molar-refractivity contribution in [3.05, 3.63) is 4.91 Å². The first kappa shape index (κ1) is 9.32. The molecule has 10 heavy (non-hydrogen) atoms. The van der Waals surface area contributed by atoms with Crippen LogP contribution in [0.3, 0.4) is 0 Å². The minimum atomic E-state index is -0.386. The zero-order valence-electron chi connectivity index (χ0n) is 6.40. The standard InChI is InChI=1S/C5H12N2O3/c1-7(6-8)4-5(9-2)10-3/h5H,4H2,1-3H3. The Morgan fingerprint density at radius 2 is 2.00 bits per heavy atom. The van der Waals surface area contributed by atoms with Gasteiger partial charge in [-0.2, -0.15) is 0 Å².